The number of anilines is 1. The Bertz CT molecular complexity index is 871. The molecule has 130 valence electrons. The second-order valence-electron chi connectivity index (χ2n) is 6.72. The van der Waals surface area contributed by atoms with E-state index in [0.717, 1.165) is 16.2 Å². The molecule has 0 bridgehead atoms. The van der Waals surface area contributed by atoms with Crippen LogP contribution in [0.4, 0.5) is 5.69 Å². The van der Waals surface area contributed by atoms with Gasteiger partial charge in [0.15, 0.2) is 16.4 Å². The van der Waals surface area contributed by atoms with Gasteiger partial charge < -0.3 is 4.90 Å². The van der Waals surface area contributed by atoms with Gasteiger partial charge in [0.25, 0.3) is 5.91 Å². The van der Waals surface area contributed by atoms with Gasteiger partial charge in [0.05, 0.1) is 5.75 Å². The van der Waals surface area contributed by atoms with Crippen LogP contribution in [0.3, 0.4) is 0 Å². The van der Waals surface area contributed by atoms with Crippen molar-refractivity contribution in [3.8, 4) is 0 Å². The van der Waals surface area contributed by atoms with E-state index in [1.54, 1.807) is 17.3 Å². The predicted molar refractivity (Wildman–Crippen MR) is 93.9 cm³/mol. The minimum atomic E-state index is -3.15. The fraction of sp³-hybridized carbons (Fsp3) is 0.333. The standard InChI is InChI=1S/C18H19N3O3S/c22-18-11-20(10-14-5-4-8-19-9-14)16-12-25(23,24)13-17(16)21(18)15-6-2-1-3-7-15/h1-9,16-17H,10-13H2/p+1/t16-,17+/m0/s1. The van der Waals surface area contributed by atoms with E-state index in [2.05, 4.69) is 4.98 Å². The number of benzene rings is 1. The van der Waals surface area contributed by atoms with Crippen molar-refractivity contribution in [2.45, 2.75) is 18.6 Å². The lowest BCUT2D eigenvalue weighted by molar-refractivity contribution is -0.931. The van der Waals surface area contributed by atoms with E-state index in [9.17, 15) is 13.2 Å². The monoisotopic (exact) mass is 358 g/mol. The van der Waals surface area contributed by atoms with E-state index in [4.69, 9.17) is 0 Å². The first-order chi connectivity index (χ1) is 12.0. The van der Waals surface area contributed by atoms with E-state index in [0.29, 0.717) is 13.1 Å². The van der Waals surface area contributed by atoms with Gasteiger partial charge in [-0.3, -0.25) is 14.7 Å². The van der Waals surface area contributed by atoms with Crippen LogP contribution in [-0.2, 0) is 21.2 Å². The highest BCUT2D eigenvalue weighted by Crippen LogP contribution is 2.25. The van der Waals surface area contributed by atoms with Gasteiger partial charge in [-0.1, -0.05) is 24.3 Å². The molecule has 0 saturated carbocycles. The predicted octanol–water partition coefficient (Wildman–Crippen LogP) is -0.321. The second-order valence-corrected chi connectivity index (χ2v) is 8.88. The molecule has 1 aromatic heterocycles. The summed E-state index contributed by atoms with van der Waals surface area (Å²) in [6.07, 6.45) is 3.49. The third kappa shape index (κ3) is 3.17. The van der Waals surface area contributed by atoms with Crippen LogP contribution < -0.4 is 9.80 Å². The summed E-state index contributed by atoms with van der Waals surface area (Å²) in [5, 5.41) is 0. The molecule has 1 amide bonds. The minimum absolute atomic E-state index is 0.0246. The van der Waals surface area contributed by atoms with Crippen LogP contribution in [0, 0.1) is 0 Å². The highest BCUT2D eigenvalue weighted by Gasteiger charge is 2.52. The Morgan fingerprint density at radius 2 is 1.92 bits per heavy atom. The maximum absolute atomic E-state index is 12.8. The van der Waals surface area contributed by atoms with E-state index in [1.807, 2.05) is 42.5 Å². The highest BCUT2D eigenvalue weighted by molar-refractivity contribution is 7.91. The zero-order chi connectivity index (χ0) is 17.4. The van der Waals surface area contributed by atoms with Crippen LogP contribution in [0.1, 0.15) is 5.56 Å². The number of rotatable bonds is 3. The molecule has 6 nitrogen and oxygen atoms in total. The number of nitrogens with one attached hydrogen (secondary N) is 1. The maximum atomic E-state index is 12.8. The molecule has 2 aliphatic rings. The van der Waals surface area contributed by atoms with Crippen molar-refractivity contribution in [2.75, 3.05) is 23.0 Å². The molecule has 2 fully saturated rings. The molecule has 1 N–H and O–H groups in total. The van der Waals surface area contributed by atoms with Gasteiger partial charge >= 0.3 is 0 Å². The van der Waals surface area contributed by atoms with Crippen molar-refractivity contribution < 1.29 is 18.1 Å². The third-order valence-corrected chi connectivity index (χ3v) is 6.73. The lowest BCUT2D eigenvalue weighted by Gasteiger charge is -2.40. The first-order valence-electron chi connectivity index (χ1n) is 8.34. The number of aromatic nitrogens is 1. The van der Waals surface area contributed by atoms with E-state index >= 15 is 0 Å². The fourth-order valence-corrected chi connectivity index (χ4v) is 5.99. The summed E-state index contributed by atoms with van der Waals surface area (Å²) in [6, 6.07) is 12.8. The largest absolute Gasteiger partial charge is 0.318 e. The van der Waals surface area contributed by atoms with Crippen molar-refractivity contribution in [1.29, 1.82) is 0 Å². The van der Waals surface area contributed by atoms with Crippen LogP contribution in [0.15, 0.2) is 54.9 Å². The number of para-hydroxylation sites is 1. The molecule has 7 heteroatoms. The summed E-state index contributed by atoms with van der Waals surface area (Å²) in [7, 11) is -3.15. The SMILES string of the molecule is O=C1C[NH+](Cc2cccnc2)[C@H]2CS(=O)(=O)C[C@H]2N1c1ccccc1. The number of nitrogens with zero attached hydrogens (tertiary/aromatic N) is 2. The van der Waals surface area contributed by atoms with Crippen LogP contribution in [-0.4, -0.2) is 49.4 Å². The molecule has 3 atom stereocenters. The van der Waals surface area contributed by atoms with Crippen LogP contribution in [0.25, 0.3) is 0 Å². The molecule has 2 aliphatic heterocycles. The molecule has 2 aromatic rings. The first kappa shape index (κ1) is 16.2. The normalized spacial score (nSPS) is 27.9. The molecule has 0 spiro atoms. The fourth-order valence-electron chi connectivity index (χ4n) is 3.95. The van der Waals surface area contributed by atoms with Gasteiger partial charge in [-0.15, -0.1) is 0 Å². The van der Waals surface area contributed by atoms with Gasteiger partial charge in [0.1, 0.15) is 24.4 Å². The van der Waals surface area contributed by atoms with Crippen molar-refractivity contribution in [3.05, 3.63) is 60.4 Å². The zero-order valence-electron chi connectivity index (χ0n) is 13.7. The number of carbonyl (C=O) groups excluding carboxylic acids is 1. The summed E-state index contributed by atoms with van der Waals surface area (Å²) in [5.41, 5.74) is 1.79. The molecule has 4 rings (SSSR count). The van der Waals surface area contributed by atoms with Crippen LogP contribution in [0.2, 0.25) is 0 Å². The molecule has 1 aromatic carbocycles. The Balaban J connectivity index is 1.67. The zero-order valence-corrected chi connectivity index (χ0v) is 14.5. The summed E-state index contributed by atoms with van der Waals surface area (Å²) in [4.78, 5) is 19.7. The Morgan fingerprint density at radius 1 is 1.12 bits per heavy atom. The second kappa shape index (κ2) is 6.24. The lowest BCUT2D eigenvalue weighted by atomic mass is 10.0. The molecule has 0 aliphatic carbocycles. The lowest BCUT2D eigenvalue weighted by Crippen LogP contribution is -3.19. The maximum Gasteiger partial charge on any atom is 0.282 e. The number of carbonyl (C=O) groups is 1. The van der Waals surface area contributed by atoms with Gasteiger partial charge in [-0.25, -0.2) is 8.42 Å². The summed E-state index contributed by atoms with van der Waals surface area (Å²) in [6.45, 7) is 0.902. The molecular weight excluding hydrogens is 338 g/mol. The van der Waals surface area contributed by atoms with Crippen molar-refractivity contribution in [2.24, 2.45) is 0 Å². The average Bonchev–Trinajstić information content (AvgIpc) is 2.92. The molecule has 1 unspecified atom stereocenters. The number of piperazine rings is 1. The Hall–Kier alpha value is -2.25. The molecule has 3 heterocycles. The average molecular weight is 358 g/mol. The Kier molecular flexibility index (Phi) is 4.05. The summed E-state index contributed by atoms with van der Waals surface area (Å²) in [5.74, 6) is 0.141. The topological polar surface area (TPSA) is 71.8 Å². The summed E-state index contributed by atoms with van der Waals surface area (Å²) < 4.78 is 24.6. The smallest absolute Gasteiger partial charge is 0.282 e. The number of amides is 1. The number of sulfone groups is 1. The van der Waals surface area contributed by atoms with Crippen molar-refractivity contribution in [1.82, 2.24) is 4.98 Å². The Morgan fingerprint density at radius 3 is 2.64 bits per heavy atom. The molecule has 2 saturated heterocycles. The number of pyridine rings is 1. The van der Waals surface area contributed by atoms with E-state index in [1.165, 1.54) is 0 Å². The number of fused-ring (bicyclic) bond motifs is 1. The number of hydrogen-bond acceptors (Lipinski definition) is 4. The number of hydrogen-bond donors (Lipinski definition) is 1. The van der Waals surface area contributed by atoms with Crippen molar-refractivity contribution >= 4 is 21.4 Å². The van der Waals surface area contributed by atoms with Crippen molar-refractivity contribution in [3.63, 3.8) is 0 Å². The molecule has 25 heavy (non-hydrogen) atoms. The van der Waals surface area contributed by atoms with Crippen LogP contribution >= 0.6 is 0 Å². The summed E-state index contributed by atoms with van der Waals surface area (Å²) >= 11 is 0. The first-order valence-corrected chi connectivity index (χ1v) is 10.2. The molecular formula is C18H20N3O3S+. The van der Waals surface area contributed by atoms with Gasteiger partial charge in [-0.2, -0.15) is 0 Å². The van der Waals surface area contributed by atoms with Gasteiger partial charge in [0.2, 0.25) is 0 Å². The van der Waals surface area contributed by atoms with E-state index in [-0.39, 0.29) is 29.5 Å². The van der Waals surface area contributed by atoms with Gasteiger partial charge in [-0.05, 0) is 18.2 Å². The molecule has 0 radical (unpaired) electrons. The minimum Gasteiger partial charge on any atom is -0.318 e. The third-order valence-electron chi connectivity index (χ3n) is 5.01. The van der Waals surface area contributed by atoms with Crippen LogP contribution in [0.5, 0.6) is 0 Å². The highest BCUT2D eigenvalue weighted by atomic mass is 32.2. The Labute approximate surface area is 147 Å². The van der Waals surface area contributed by atoms with E-state index < -0.39 is 9.84 Å². The van der Waals surface area contributed by atoms with Gasteiger partial charge in [0, 0.05) is 23.6 Å². The number of quaternary nitrogens is 1. The quantitative estimate of drug-likeness (QED) is 0.816.